The van der Waals surface area contributed by atoms with Crippen LogP contribution in [0.25, 0.3) is 0 Å². The normalized spacial score (nSPS) is 18.3. The highest BCUT2D eigenvalue weighted by Crippen LogP contribution is 2.21. The van der Waals surface area contributed by atoms with Gasteiger partial charge in [0, 0.05) is 31.1 Å². The summed E-state index contributed by atoms with van der Waals surface area (Å²) in [5, 5.41) is 19.8. The van der Waals surface area contributed by atoms with E-state index in [1.54, 1.807) is 18.2 Å². The first-order valence-electron chi connectivity index (χ1n) is 6.22. The van der Waals surface area contributed by atoms with Gasteiger partial charge in [-0.3, -0.25) is 19.7 Å². The van der Waals surface area contributed by atoms with Crippen molar-refractivity contribution in [2.45, 2.75) is 12.8 Å². The molecule has 7 nitrogen and oxygen atoms in total. The van der Waals surface area contributed by atoms with Crippen LogP contribution >= 0.6 is 0 Å². The quantitative estimate of drug-likeness (QED) is 0.641. The van der Waals surface area contributed by atoms with Gasteiger partial charge in [0.2, 0.25) is 5.91 Å². The van der Waals surface area contributed by atoms with E-state index in [0.717, 1.165) is 0 Å². The minimum atomic E-state index is -0.980. The minimum absolute atomic E-state index is 0.00617. The summed E-state index contributed by atoms with van der Waals surface area (Å²) in [6.07, 6.45) is 0.349. The number of nitro groups is 1. The molecule has 1 aliphatic rings. The van der Waals surface area contributed by atoms with Crippen LogP contribution in [0.5, 0.6) is 0 Å². The summed E-state index contributed by atoms with van der Waals surface area (Å²) >= 11 is 0. The van der Waals surface area contributed by atoms with Gasteiger partial charge in [0.1, 0.15) is 0 Å². The summed E-state index contributed by atoms with van der Waals surface area (Å²) in [6, 6.07) is 6.35. The Hall–Kier alpha value is -2.44. The molecule has 1 fully saturated rings. The Kier molecular flexibility index (Phi) is 3.97. The van der Waals surface area contributed by atoms with Crippen LogP contribution in [0.2, 0.25) is 0 Å². The summed E-state index contributed by atoms with van der Waals surface area (Å²) < 4.78 is 0. The SMILES string of the molecule is O=C(O)C1CC(=O)N(CCc2ccccc2[N+](=O)[O-])C1. The topological polar surface area (TPSA) is 101 Å². The van der Waals surface area contributed by atoms with E-state index in [2.05, 4.69) is 0 Å². The van der Waals surface area contributed by atoms with Crippen LogP contribution in [0.3, 0.4) is 0 Å². The molecule has 106 valence electrons. The molecule has 1 heterocycles. The van der Waals surface area contributed by atoms with Gasteiger partial charge in [0.25, 0.3) is 5.69 Å². The predicted molar refractivity (Wildman–Crippen MR) is 69.1 cm³/mol. The van der Waals surface area contributed by atoms with Crippen molar-refractivity contribution < 1.29 is 19.6 Å². The van der Waals surface area contributed by atoms with E-state index in [9.17, 15) is 19.7 Å². The van der Waals surface area contributed by atoms with Crippen LogP contribution in [0.4, 0.5) is 5.69 Å². The van der Waals surface area contributed by atoms with Crippen LogP contribution in [0.1, 0.15) is 12.0 Å². The fourth-order valence-electron chi connectivity index (χ4n) is 2.31. The Labute approximate surface area is 115 Å². The lowest BCUT2D eigenvalue weighted by atomic mass is 10.1. The van der Waals surface area contributed by atoms with Crippen molar-refractivity contribution in [3.05, 3.63) is 39.9 Å². The number of nitrogens with zero attached hydrogens (tertiary/aromatic N) is 2. The van der Waals surface area contributed by atoms with Crippen molar-refractivity contribution in [2.75, 3.05) is 13.1 Å². The zero-order valence-electron chi connectivity index (χ0n) is 10.7. The summed E-state index contributed by atoms with van der Waals surface area (Å²) in [5.74, 6) is -1.87. The number of likely N-dealkylation sites (tertiary alicyclic amines) is 1. The first-order valence-corrected chi connectivity index (χ1v) is 6.22. The highest BCUT2D eigenvalue weighted by Gasteiger charge is 2.34. The van der Waals surface area contributed by atoms with E-state index < -0.39 is 16.8 Å². The lowest BCUT2D eigenvalue weighted by Gasteiger charge is -2.15. The van der Waals surface area contributed by atoms with Crippen LogP contribution in [0.15, 0.2) is 24.3 Å². The molecule has 0 radical (unpaired) electrons. The predicted octanol–water partition coefficient (Wildman–Crippen LogP) is 1.07. The average molecular weight is 278 g/mol. The first kappa shape index (κ1) is 14.0. The minimum Gasteiger partial charge on any atom is -0.481 e. The largest absolute Gasteiger partial charge is 0.481 e. The molecule has 2 rings (SSSR count). The first-order chi connectivity index (χ1) is 9.49. The Morgan fingerprint density at radius 3 is 2.75 bits per heavy atom. The third-order valence-corrected chi connectivity index (χ3v) is 3.40. The van der Waals surface area contributed by atoms with Gasteiger partial charge >= 0.3 is 5.97 Å². The number of hydrogen-bond acceptors (Lipinski definition) is 4. The van der Waals surface area contributed by atoms with E-state index in [4.69, 9.17) is 5.11 Å². The molecule has 1 N–H and O–H groups in total. The lowest BCUT2D eigenvalue weighted by Crippen LogP contribution is -2.28. The Morgan fingerprint density at radius 2 is 2.15 bits per heavy atom. The van der Waals surface area contributed by atoms with Gasteiger partial charge in [-0.1, -0.05) is 18.2 Å². The summed E-state index contributed by atoms with van der Waals surface area (Å²) in [4.78, 5) is 34.4. The number of carbonyl (C=O) groups excluding carboxylic acids is 1. The van der Waals surface area contributed by atoms with Gasteiger partial charge in [-0.15, -0.1) is 0 Å². The fraction of sp³-hybridized carbons (Fsp3) is 0.385. The maximum absolute atomic E-state index is 11.7. The molecule has 20 heavy (non-hydrogen) atoms. The van der Waals surface area contributed by atoms with E-state index >= 15 is 0 Å². The van der Waals surface area contributed by atoms with Crippen molar-refractivity contribution in [1.82, 2.24) is 4.90 Å². The molecule has 7 heteroatoms. The van der Waals surface area contributed by atoms with Crippen molar-refractivity contribution in [3.63, 3.8) is 0 Å². The number of carboxylic acid groups (broad SMARTS) is 1. The lowest BCUT2D eigenvalue weighted by molar-refractivity contribution is -0.385. The molecule has 1 unspecified atom stereocenters. The third-order valence-electron chi connectivity index (χ3n) is 3.40. The van der Waals surface area contributed by atoms with E-state index in [1.807, 2.05) is 0 Å². The summed E-state index contributed by atoms with van der Waals surface area (Å²) in [6.45, 7) is 0.474. The second-order valence-electron chi connectivity index (χ2n) is 4.71. The van der Waals surface area contributed by atoms with Crippen molar-refractivity contribution in [2.24, 2.45) is 5.92 Å². The van der Waals surface area contributed by atoms with Gasteiger partial charge in [0.05, 0.1) is 10.8 Å². The summed E-state index contributed by atoms with van der Waals surface area (Å²) in [5.41, 5.74) is 0.568. The molecule has 0 aromatic heterocycles. The van der Waals surface area contributed by atoms with Crippen LogP contribution < -0.4 is 0 Å². The van der Waals surface area contributed by atoms with Crippen molar-refractivity contribution in [1.29, 1.82) is 0 Å². The highest BCUT2D eigenvalue weighted by atomic mass is 16.6. The molecule has 1 aromatic rings. The number of benzene rings is 1. The number of nitro benzene ring substituents is 1. The molecule has 1 amide bonds. The Bertz CT molecular complexity index is 557. The van der Waals surface area contributed by atoms with Crippen molar-refractivity contribution >= 4 is 17.6 Å². The zero-order valence-corrected chi connectivity index (χ0v) is 10.7. The molecular formula is C13H14N2O5. The molecule has 1 atom stereocenters. The average Bonchev–Trinajstić information content (AvgIpc) is 2.78. The van der Waals surface area contributed by atoms with Gasteiger partial charge in [-0.05, 0) is 6.42 Å². The molecule has 1 saturated heterocycles. The number of amides is 1. The Morgan fingerprint density at radius 1 is 1.45 bits per heavy atom. The number of para-hydroxylation sites is 1. The molecule has 1 aromatic carbocycles. The number of aliphatic carboxylic acids is 1. The molecule has 0 saturated carbocycles. The van der Waals surface area contributed by atoms with Gasteiger partial charge in [-0.2, -0.15) is 0 Å². The molecular weight excluding hydrogens is 264 g/mol. The number of carboxylic acids is 1. The summed E-state index contributed by atoms with van der Waals surface area (Å²) in [7, 11) is 0. The smallest absolute Gasteiger partial charge is 0.308 e. The molecule has 0 aliphatic carbocycles. The molecule has 1 aliphatic heterocycles. The fourth-order valence-corrected chi connectivity index (χ4v) is 2.31. The highest BCUT2D eigenvalue weighted by molar-refractivity contribution is 5.86. The number of carbonyl (C=O) groups is 2. The monoisotopic (exact) mass is 278 g/mol. The van der Waals surface area contributed by atoms with E-state index in [1.165, 1.54) is 11.0 Å². The standard InChI is InChI=1S/C13H14N2O5/c16-12-7-10(13(17)18)8-14(12)6-5-9-3-1-2-4-11(9)15(19)20/h1-4,10H,5-8H2,(H,17,18). The molecule has 0 bridgehead atoms. The van der Waals surface area contributed by atoms with Crippen molar-refractivity contribution in [3.8, 4) is 0 Å². The molecule has 0 spiro atoms. The number of rotatable bonds is 5. The van der Waals surface area contributed by atoms with Gasteiger partial charge in [0.15, 0.2) is 0 Å². The van der Waals surface area contributed by atoms with E-state index in [0.29, 0.717) is 18.5 Å². The van der Waals surface area contributed by atoms with Gasteiger partial charge < -0.3 is 10.0 Å². The Balaban J connectivity index is 2.01. The zero-order chi connectivity index (χ0) is 14.7. The second-order valence-corrected chi connectivity index (χ2v) is 4.71. The maximum Gasteiger partial charge on any atom is 0.308 e. The van der Waals surface area contributed by atoms with Crippen LogP contribution in [0, 0.1) is 16.0 Å². The third kappa shape index (κ3) is 2.93. The number of hydrogen-bond donors (Lipinski definition) is 1. The second kappa shape index (κ2) is 5.68. The van der Waals surface area contributed by atoms with Crippen LogP contribution in [-0.4, -0.2) is 39.9 Å². The maximum atomic E-state index is 11.7. The van der Waals surface area contributed by atoms with E-state index in [-0.39, 0.29) is 24.6 Å². The van der Waals surface area contributed by atoms with Gasteiger partial charge in [-0.25, -0.2) is 0 Å². The van der Waals surface area contributed by atoms with Crippen LogP contribution in [-0.2, 0) is 16.0 Å².